The van der Waals surface area contributed by atoms with Gasteiger partial charge in [0.15, 0.2) is 5.82 Å². The van der Waals surface area contributed by atoms with Crippen LogP contribution >= 0.6 is 0 Å². The standard InChI is InChI=1S/C18H21FN4O5S/c1-22(2)16-7-8-17(21-20-16)28-12-4-3-9-23(11-12)29(26,27)13-5-6-15(19)14(10-13)18(24)25/h5-8,10,12H,3-4,9,11H2,1-2H3,(H,24,25). The molecular formula is C18H21FN4O5S. The quantitative estimate of drug-likeness (QED) is 0.744. The summed E-state index contributed by atoms with van der Waals surface area (Å²) in [6, 6.07) is 6.15. The molecule has 1 aliphatic heterocycles. The number of hydrogen-bond donors (Lipinski definition) is 1. The van der Waals surface area contributed by atoms with Crippen molar-refractivity contribution in [1.82, 2.24) is 14.5 Å². The molecule has 1 aromatic heterocycles. The predicted octanol–water partition coefficient (Wildman–Crippen LogP) is 1.61. The second-order valence-corrected chi connectivity index (χ2v) is 8.75. The minimum atomic E-state index is -4.00. The summed E-state index contributed by atoms with van der Waals surface area (Å²) < 4.78 is 46.4. The Bertz CT molecular complexity index is 998. The SMILES string of the molecule is CN(C)c1ccc(OC2CCCN(S(=O)(=O)c3ccc(F)c(C(=O)O)c3)C2)nn1. The molecule has 29 heavy (non-hydrogen) atoms. The van der Waals surface area contributed by atoms with Gasteiger partial charge in [-0.05, 0) is 37.1 Å². The first-order valence-electron chi connectivity index (χ1n) is 8.89. The minimum Gasteiger partial charge on any atom is -0.478 e. The maximum Gasteiger partial charge on any atom is 0.338 e. The zero-order valence-electron chi connectivity index (χ0n) is 15.9. The largest absolute Gasteiger partial charge is 0.478 e. The maximum absolute atomic E-state index is 13.6. The molecule has 1 aliphatic rings. The van der Waals surface area contributed by atoms with E-state index in [1.165, 1.54) is 4.31 Å². The first kappa shape index (κ1) is 20.9. The van der Waals surface area contributed by atoms with Crippen LogP contribution in [0.4, 0.5) is 10.2 Å². The molecule has 1 fully saturated rings. The van der Waals surface area contributed by atoms with E-state index < -0.39 is 33.5 Å². The van der Waals surface area contributed by atoms with Gasteiger partial charge in [-0.25, -0.2) is 17.6 Å². The maximum atomic E-state index is 13.6. The van der Waals surface area contributed by atoms with E-state index in [1.807, 2.05) is 14.1 Å². The monoisotopic (exact) mass is 424 g/mol. The summed E-state index contributed by atoms with van der Waals surface area (Å²) in [5.74, 6) is -1.57. The summed E-state index contributed by atoms with van der Waals surface area (Å²) in [7, 11) is -0.331. The van der Waals surface area contributed by atoms with Crippen LogP contribution in [0, 0.1) is 5.82 Å². The fourth-order valence-corrected chi connectivity index (χ4v) is 4.52. The van der Waals surface area contributed by atoms with E-state index in [-0.39, 0.29) is 23.9 Å². The number of aromatic nitrogens is 2. The van der Waals surface area contributed by atoms with Crippen LogP contribution in [-0.4, -0.2) is 67.3 Å². The van der Waals surface area contributed by atoms with Crippen molar-refractivity contribution in [3.63, 3.8) is 0 Å². The number of nitrogens with zero attached hydrogens (tertiary/aromatic N) is 4. The van der Waals surface area contributed by atoms with Gasteiger partial charge < -0.3 is 14.7 Å². The van der Waals surface area contributed by atoms with Crippen LogP contribution < -0.4 is 9.64 Å². The molecule has 11 heteroatoms. The van der Waals surface area contributed by atoms with Crippen molar-refractivity contribution in [1.29, 1.82) is 0 Å². The zero-order chi connectivity index (χ0) is 21.2. The first-order valence-corrected chi connectivity index (χ1v) is 10.3. The molecule has 3 rings (SSSR count). The molecule has 2 heterocycles. The molecule has 0 saturated carbocycles. The molecule has 9 nitrogen and oxygen atoms in total. The normalized spacial score (nSPS) is 17.7. The van der Waals surface area contributed by atoms with Gasteiger partial charge in [0.25, 0.3) is 0 Å². The van der Waals surface area contributed by atoms with Gasteiger partial charge in [0.2, 0.25) is 15.9 Å². The van der Waals surface area contributed by atoms with Crippen molar-refractivity contribution in [2.45, 2.75) is 23.8 Å². The Morgan fingerprint density at radius 3 is 2.66 bits per heavy atom. The molecular weight excluding hydrogens is 403 g/mol. The number of sulfonamides is 1. The van der Waals surface area contributed by atoms with Gasteiger partial charge in [-0.15, -0.1) is 10.2 Å². The Kier molecular flexibility index (Phi) is 5.99. The predicted molar refractivity (Wildman–Crippen MR) is 102 cm³/mol. The van der Waals surface area contributed by atoms with Crippen LogP contribution in [0.25, 0.3) is 0 Å². The van der Waals surface area contributed by atoms with Crippen LogP contribution in [0.2, 0.25) is 0 Å². The molecule has 156 valence electrons. The number of carboxylic acids is 1. The number of hydrogen-bond acceptors (Lipinski definition) is 7. The van der Waals surface area contributed by atoms with Crippen molar-refractivity contribution in [3.05, 3.63) is 41.7 Å². The Balaban J connectivity index is 1.75. The number of benzene rings is 1. The fraction of sp³-hybridized carbons (Fsp3) is 0.389. The average molecular weight is 424 g/mol. The van der Waals surface area contributed by atoms with Crippen molar-refractivity contribution in [3.8, 4) is 5.88 Å². The molecule has 0 spiro atoms. The summed E-state index contributed by atoms with van der Waals surface area (Å²) in [4.78, 5) is 12.6. The van der Waals surface area contributed by atoms with E-state index in [1.54, 1.807) is 17.0 Å². The van der Waals surface area contributed by atoms with Crippen LogP contribution in [0.5, 0.6) is 5.88 Å². The molecule has 1 N–H and O–H groups in total. The van der Waals surface area contributed by atoms with Crippen molar-refractivity contribution in [2.75, 3.05) is 32.1 Å². The van der Waals surface area contributed by atoms with Gasteiger partial charge in [0.05, 0.1) is 17.0 Å². The highest BCUT2D eigenvalue weighted by Crippen LogP contribution is 2.24. The Morgan fingerprint density at radius 2 is 2.03 bits per heavy atom. The number of anilines is 1. The number of halogens is 1. The first-order chi connectivity index (χ1) is 13.7. The lowest BCUT2D eigenvalue weighted by atomic mass is 10.1. The topological polar surface area (TPSA) is 113 Å². The van der Waals surface area contributed by atoms with Crippen molar-refractivity contribution < 1.29 is 27.4 Å². The summed E-state index contributed by atoms with van der Waals surface area (Å²) >= 11 is 0. The highest BCUT2D eigenvalue weighted by molar-refractivity contribution is 7.89. The van der Waals surface area contributed by atoms with Crippen LogP contribution in [0.15, 0.2) is 35.2 Å². The van der Waals surface area contributed by atoms with E-state index in [4.69, 9.17) is 9.84 Å². The van der Waals surface area contributed by atoms with E-state index in [9.17, 15) is 17.6 Å². The van der Waals surface area contributed by atoms with Gasteiger partial charge in [-0.2, -0.15) is 4.31 Å². The third-order valence-corrected chi connectivity index (χ3v) is 6.38. The van der Waals surface area contributed by atoms with E-state index in [2.05, 4.69) is 10.2 Å². The summed E-state index contributed by atoms with van der Waals surface area (Å²) in [6.07, 6.45) is 0.755. The van der Waals surface area contributed by atoms with Crippen LogP contribution in [0.3, 0.4) is 0 Å². The van der Waals surface area contributed by atoms with E-state index in [0.29, 0.717) is 18.7 Å². The lowest BCUT2D eigenvalue weighted by Crippen LogP contribution is -2.44. The van der Waals surface area contributed by atoms with Gasteiger partial charge >= 0.3 is 5.97 Å². The second kappa shape index (κ2) is 8.29. The average Bonchev–Trinajstić information content (AvgIpc) is 2.68. The summed E-state index contributed by atoms with van der Waals surface area (Å²) in [5, 5.41) is 17.1. The van der Waals surface area contributed by atoms with Gasteiger partial charge in [-0.1, -0.05) is 0 Å². The van der Waals surface area contributed by atoms with E-state index >= 15 is 0 Å². The smallest absolute Gasteiger partial charge is 0.338 e. The molecule has 1 saturated heterocycles. The molecule has 0 aliphatic carbocycles. The van der Waals surface area contributed by atoms with Gasteiger partial charge in [0, 0.05) is 26.7 Å². The Hall–Kier alpha value is -2.79. The number of carboxylic acid groups (broad SMARTS) is 1. The minimum absolute atomic E-state index is 0.0687. The molecule has 1 unspecified atom stereocenters. The van der Waals surface area contributed by atoms with Crippen molar-refractivity contribution in [2.24, 2.45) is 0 Å². The molecule has 0 radical (unpaired) electrons. The van der Waals surface area contributed by atoms with Crippen LogP contribution in [-0.2, 0) is 10.0 Å². The summed E-state index contributed by atoms with van der Waals surface area (Å²) in [6.45, 7) is 0.326. The number of rotatable bonds is 6. The fourth-order valence-electron chi connectivity index (χ4n) is 2.98. The van der Waals surface area contributed by atoms with E-state index in [0.717, 1.165) is 18.2 Å². The molecule has 2 aromatic rings. The Morgan fingerprint density at radius 1 is 1.28 bits per heavy atom. The number of piperidine rings is 1. The molecule has 1 aromatic carbocycles. The summed E-state index contributed by atoms with van der Waals surface area (Å²) in [5.41, 5.74) is -0.688. The van der Waals surface area contributed by atoms with Crippen LogP contribution in [0.1, 0.15) is 23.2 Å². The lowest BCUT2D eigenvalue weighted by Gasteiger charge is -2.31. The molecule has 0 amide bonds. The third kappa shape index (κ3) is 4.62. The second-order valence-electron chi connectivity index (χ2n) is 6.82. The number of aromatic carboxylic acids is 1. The molecule has 1 atom stereocenters. The Labute approximate surface area is 167 Å². The van der Waals surface area contributed by atoms with Gasteiger partial charge in [-0.3, -0.25) is 0 Å². The zero-order valence-corrected chi connectivity index (χ0v) is 16.8. The number of carbonyl (C=O) groups is 1. The highest BCUT2D eigenvalue weighted by atomic mass is 32.2. The van der Waals surface area contributed by atoms with Crippen molar-refractivity contribution >= 4 is 21.8 Å². The van der Waals surface area contributed by atoms with Gasteiger partial charge in [0.1, 0.15) is 11.9 Å². The highest BCUT2D eigenvalue weighted by Gasteiger charge is 2.32. The third-order valence-electron chi connectivity index (χ3n) is 4.52. The lowest BCUT2D eigenvalue weighted by molar-refractivity contribution is 0.0691. The number of ether oxygens (including phenoxy) is 1. The molecule has 0 bridgehead atoms.